The van der Waals surface area contributed by atoms with E-state index in [0.717, 1.165) is 10.6 Å². The van der Waals surface area contributed by atoms with Crippen LogP contribution in [0.15, 0.2) is 47.4 Å². The van der Waals surface area contributed by atoms with Gasteiger partial charge < -0.3 is 9.84 Å². The third kappa shape index (κ3) is 3.14. The van der Waals surface area contributed by atoms with Crippen LogP contribution in [0.2, 0.25) is 0 Å². The molecule has 0 bridgehead atoms. The van der Waals surface area contributed by atoms with Gasteiger partial charge >= 0.3 is 0 Å². The maximum Gasteiger partial charge on any atom is 0.171 e. The third-order valence-corrected chi connectivity index (χ3v) is 3.91. The molecule has 1 atom stereocenters. The van der Waals surface area contributed by atoms with Crippen LogP contribution in [0.5, 0.6) is 5.75 Å². The van der Waals surface area contributed by atoms with Crippen molar-refractivity contribution in [3.63, 3.8) is 0 Å². The standard InChI is InChI=1S/C16H17FO2S/c1-3-20-12-9-7-11(8-10-12)16(18)13-5-4-6-14(19-2)15(13)17/h4-10,16,18H,3H2,1-2H3. The molecule has 4 heteroatoms. The van der Waals surface area contributed by atoms with Gasteiger partial charge in [-0.2, -0.15) is 0 Å². The van der Waals surface area contributed by atoms with E-state index in [1.165, 1.54) is 13.2 Å². The lowest BCUT2D eigenvalue weighted by Crippen LogP contribution is -2.03. The first kappa shape index (κ1) is 14.9. The molecule has 0 saturated carbocycles. The summed E-state index contributed by atoms with van der Waals surface area (Å²) in [6, 6.07) is 12.3. The SMILES string of the molecule is CCSc1ccc(C(O)c2cccc(OC)c2F)cc1. The number of thioether (sulfide) groups is 1. The zero-order valence-corrected chi connectivity index (χ0v) is 12.3. The van der Waals surface area contributed by atoms with E-state index in [4.69, 9.17) is 4.74 Å². The molecule has 0 heterocycles. The minimum atomic E-state index is -0.995. The number of methoxy groups -OCH3 is 1. The fourth-order valence-electron chi connectivity index (χ4n) is 1.99. The van der Waals surface area contributed by atoms with Crippen LogP contribution in [0.3, 0.4) is 0 Å². The predicted molar refractivity (Wildman–Crippen MR) is 79.9 cm³/mol. The maximum atomic E-state index is 14.1. The van der Waals surface area contributed by atoms with Crippen LogP contribution in [-0.2, 0) is 0 Å². The molecule has 0 aromatic heterocycles. The average molecular weight is 292 g/mol. The van der Waals surface area contributed by atoms with Crippen molar-refractivity contribution in [2.75, 3.05) is 12.9 Å². The highest BCUT2D eigenvalue weighted by atomic mass is 32.2. The summed E-state index contributed by atoms with van der Waals surface area (Å²) in [7, 11) is 1.41. The fourth-order valence-corrected chi connectivity index (χ4v) is 2.65. The second-order valence-electron chi connectivity index (χ2n) is 4.27. The Balaban J connectivity index is 2.29. The molecule has 1 N–H and O–H groups in total. The monoisotopic (exact) mass is 292 g/mol. The number of aliphatic hydroxyl groups excluding tert-OH is 1. The Bertz CT molecular complexity index is 569. The predicted octanol–water partition coefficient (Wildman–Crippen LogP) is 4.03. The van der Waals surface area contributed by atoms with E-state index in [1.54, 1.807) is 23.9 Å². The Morgan fingerprint density at radius 2 is 1.90 bits per heavy atom. The van der Waals surface area contributed by atoms with Crippen molar-refractivity contribution >= 4 is 11.8 Å². The number of aliphatic hydroxyl groups is 1. The summed E-state index contributed by atoms with van der Waals surface area (Å²) in [6.07, 6.45) is -0.995. The lowest BCUT2D eigenvalue weighted by atomic mass is 10.0. The van der Waals surface area contributed by atoms with E-state index in [0.29, 0.717) is 5.56 Å². The molecule has 0 spiro atoms. The molecule has 0 aliphatic carbocycles. The zero-order valence-electron chi connectivity index (χ0n) is 11.5. The van der Waals surface area contributed by atoms with E-state index in [2.05, 4.69) is 6.92 Å². The molecule has 2 nitrogen and oxygen atoms in total. The molecule has 0 saturated heterocycles. The molecular weight excluding hydrogens is 275 g/mol. The van der Waals surface area contributed by atoms with Crippen molar-refractivity contribution < 1.29 is 14.2 Å². The molecule has 2 rings (SSSR count). The van der Waals surface area contributed by atoms with Crippen molar-refractivity contribution in [2.45, 2.75) is 17.9 Å². The first-order valence-corrected chi connectivity index (χ1v) is 7.39. The summed E-state index contributed by atoms with van der Waals surface area (Å²) in [5, 5.41) is 10.3. The second kappa shape index (κ2) is 6.77. The first-order valence-electron chi connectivity index (χ1n) is 6.40. The molecular formula is C16H17FO2S. The van der Waals surface area contributed by atoms with Crippen molar-refractivity contribution in [1.29, 1.82) is 0 Å². The molecule has 0 aliphatic heterocycles. The van der Waals surface area contributed by atoms with Gasteiger partial charge in [-0.05, 0) is 29.5 Å². The summed E-state index contributed by atoms with van der Waals surface area (Å²) in [4.78, 5) is 1.13. The van der Waals surface area contributed by atoms with Gasteiger partial charge in [-0.25, -0.2) is 4.39 Å². The van der Waals surface area contributed by atoms with Gasteiger partial charge in [0, 0.05) is 10.5 Å². The third-order valence-electron chi connectivity index (χ3n) is 3.01. The van der Waals surface area contributed by atoms with Crippen LogP contribution >= 0.6 is 11.8 Å². The first-order chi connectivity index (χ1) is 9.67. The van der Waals surface area contributed by atoms with E-state index in [-0.39, 0.29) is 11.3 Å². The summed E-state index contributed by atoms with van der Waals surface area (Å²) < 4.78 is 19.1. The minimum absolute atomic E-state index is 0.139. The topological polar surface area (TPSA) is 29.5 Å². The number of halogens is 1. The smallest absolute Gasteiger partial charge is 0.171 e. The Morgan fingerprint density at radius 1 is 1.20 bits per heavy atom. The Morgan fingerprint density at radius 3 is 2.50 bits per heavy atom. The molecule has 106 valence electrons. The van der Waals surface area contributed by atoms with Gasteiger partial charge in [-0.15, -0.1) is 11.8 Å². The van der Waals surface area contributed by atoms with Crippen LogP contribution in [0, 0.1) is 5.82 Å². The Hall–Kier alpha value is -1.52. The molecule has 0 radical (unpaired) electrons. The van der Waals surface area contributed by atoms with Gasteiger partial charge in [0.1, 0.15) is 6.10 Å². The summed E-state index contributed by atoms with van der Waals surface area (Å²) >= 11 is 1.73. The van der Waals surface area contributed by atoms with E-state index in [1.807, 2.05) is 24.3 Å². The molecule has 0 fully saturated rings. The Kier molecular flexibility index (Phi) is 5.04. The van der Waals surface area contributed by atoms with Crippen LogP contribution in [0.1, 0.15) is 24.2 Å². The number of ether oxygens (including phenoxy) is 1. The van der Waals surface area contributed by atoms with E-state index >= 15 is 0 Å². The van der Waals surface area contributed by atoms with Gasteiger partial charge in [-0.1, -0.05) is 31.2 Å². The van der Waals surface area contributed by atoms with Gasteiger partial charge in [0.2, 0.25) is 0 Å². The summed E-state index contributed by atoms with van der Waals surface area (Å²) in [6.45, 7) is 2.08. The molecule has 20 heavy (non-hydrogen) atoms. The van der Waals surface area contributed by atoms with Gasteiger partial charge in [0.05, 0.1) is 7.11 Å². The number of rotatable bonds is 5. The van der Waals surface area contributed by atoms with Gasteiger partial charge in [0.25, 0.3) is 0 Å². The number of benzene rings is 2. The maximum absolute atomic E-state index is 14.1. The van der Waals surface area contributed by atoms with E-state index < -0.39 is 11.9 Å². The van der Waals surface area contributed by atoms with Crippen molar-refractivity contribution in [2.24, 2.45) is 0 Å². The van der Waals surface area contributed by atoms with Crippen molar-refractivity contribution in [1.82, 2.24) is 0 Å². The summed E-state index contributed by atoms with van der Waals surface area (Å²) in [5.41, 5.74) is 0.887. The normalized spacial score (nSPS) is 12.2. The second-order valence-corrected chi connectivity index (χ2v) is 5.61. The van der Waals surface area contributed by atoms with Crippen molar-refractivity contribution in [3.8, 4) is 5.75 Å². The van der Waals surface area contributed by atoms with Gasteiger partial charge in [0.15, 0.2) is 11.6 Å². The van der Waals surface area contributed by atoms with Crippen molar-refractivity contribution in [3.05, 3.63) is 59.4 Å². The fraction of sp³-hybridized carbons (Fsp3) is 0.250. The molecule has 2 aromatic rings. The van der Waals surface area contributed by atoms with Crippen LogP contribution in [-0.4, -0.2) is 18.0 Å². The van der Waals surface area contributed by atoms with Gasteiger partial charge in [-0.3, -0.25) is 0 Å². The largest absolute Gasteiger partial charge is 0.494 e. The van der Waals surface area contributed by atoms with Crippen LogP contribution in [0.4, 0.5) is 4.39 Å². The quantitative estimate of drug-likeness (QED) is 0.844. The minimum Gasteiger partial charge on any atom is -0.494 e. The highest BCUT2D eigenvalue weighted by Crippen LogP contribution is 2.30. The molecule has 1 unspecified atom stereocenters. The van der Waals surface area contributed by atoms with Crippen LogP contribution < -0.4 is 4.74 Å². The lowest BCUT2D eigenvalue weighted by molar-refractivity contribution is 0.213. The van der Waals surface area contributed by atoms with E-state index in [9.17, 15) is 9.50 Å². The molecule has 0 aliphatic rings. The molecule has 0 amide bonds. The highest BCUT2D eigenvalue weighted by molar-refractivity contribution is 7.99. The zero-order chi connectivity index (χ0) is 14.5. The highest BCUT2D eigenvalue weighted by Gasteiger charge is 2.17. The lowest BCUT2D eigenvalue weighted by Gasteiger charge is -2.14. The molecule has 2 aromatic carbocycles. The Labute approximate surface area is 122 Å². The average Bonchev–Trinajstić information content (AvgIpc) is 2.48. The van der Waals surface area contributed by atoms with Crippen LogP contribution in [0.25, 0.3) is 0 Å². The number of hydrogen-bond donors (Lipinski definition) is 1. The number of hydrogen-bond acceptors (Lipinski definition) is 3. The summed E-state index contributed by atoms with van der Waals surface area (Å²) in [5.74, 6) is 0.612.